The van der Waals surface area contributed by atoms with E-state index in [2.05, 4.69) is 148 Å². The van der Waals surface area contributed by atoms with E-state index in [1.54, 1.807) is 0 Å². The summed E-state index contributed by atoms with van der Waals surface area (Å²) in [6.07, 6.45) is 1.93. The maximum atomic E-state index is 5.63. The Morgan fingerprint density at radius 1 is 0.617 bits per heavy atom. The van der Waals surface area contributed by atoms with Gasteiger partial charge in [-0.2, -0.15) is 42.5 Å². The maximum absolute atomic E-state index is 5.63. The molecule has 4 heterocycles. The summed E-state index contributed by atoms with van der Waals surface area (Å²) < 4.78 is 4.54. The third kappa shape index (κ3) is 5.02. The first-order valence-electron chi connectivity index (χ1n) is 15.9. The summed E-state index contributed by atoms with van der Waals surface area (Å²) in [5.41, 5.74) is 9.32. The second kappa shape index (κ2) is 11.3. The summed E-state index contributed by atoms with van der Waals surface area (Å²) in [4.78, 5) is 10.6. The summed E-state index contributed by atoms with van der Waals surface area (Å²) in [5.74, 6) is 0.876. The van der Waals surface area contributed by atoms with Gasteiger partial charge in [0, 0.05) is 27.7 Å². The van der Waals surface area contributed by atoms with E-state index in [0.29, 0.717) is 0 Å². The predicted octanol–water partition coefficient (Wildman–Crippen LogP) is 10.5. The fourth-order valence-electron chi connectivity index (χ4n) is 6.92. The number of fused-ring (bicyclic) bond motifs is 6. The van der Waals surface area contributed by atoms with Crippen LogP contribution >= 0.6 is 0 Å². The average Bonchev–Trinajstić information content (AvgIpc) is 3.56. The number of para-hydroxylation sites is 2. The molecule has 0 aliphatic heterocycles. The minimum absolute atomic E-state index is 0. The van der Waals surface area contributed by atoms with Crippen molar-refractivity contribution >= 4 is 43.9 Å². The molecule has 0 bridgehead atoms. The van der Waals surface area contributed by atoms with Crippen molar-refractivity contribution in [2.24, 2.45) is 0 Å². The molecule has 0 unspecified atom stereocenters. The summed E-state index contributed by atoms with van der Waals surface area (Å²) in [5, 5.41) is 4.73. The number of rotatable bonds is 3. The van der Waals surface area contributed by atoms with E-state index in [9.17, 15) is 0 Å². The molecule has 0 N–H and O–H groups in total. The molecule has 0 aliphatic carbocycles. The van der Waals surface area contributed by atoms with Gasteiger partial charge >= 0.3 is 21.1 Å². The van der Waals surface area contributed by atoms with Gasteiger partial charge in [0.1, 0.15) is 17.1 Å². The zero-order valence-electron chi connectivity index (χ0n) is 27.5. The topological polar surface area (TPSA) is 35.6 Å². The zero-order valence-corrected chi connectivity index (χ0v) is 29.8. The Hall–Kier alpha value is -4.53. The molecule has 0 atom stereocenters. The Morgan fingerprint density at radius 3 is 1.87 bits per heavy atom. The standard InChI is InChI=1S/C42H36N4.Pt/c1-41(2,3)29-23-24-43-35(26-29)46-34-22-13-11-20-32(34)37-38(42(4,5)6)36-31-19-10-12-21-33(31)45(39(36)44-40(37)46)30-18-14-17-28(25-30)27-15-8-7-9-16-27;/h7-15,17-24,26H,1-6H3;/q-2;+2. The second-order valence-electron chi connectivity index (χ2n) is 14.2. The van der Waals surface area contributed by atoms with Gasteiger partial charge in [-0.3, -0.25) is 4.57 Å². The molecule has 47 heavy (non-hydrogen) atoms. The number of pyridine rings is 2. The Morgan fingerprint density at radius 2 is 1.23 bits per heavy atom. The fourth-order valence-corrected chi connectivity index (χ4v) is 6.92. The first-order chi connectivity index (χ1) is 22.1. The summed E-state index contributed by atoms with van der Waals surface area (Å²) >= 11 is 0. The number of benzene rings is 4. The predicted molar refractivity (Wildman–Crippen MR) is 191 cm³/mol. The smallest absolute Gasteiger partial charge is 0.313 e. The third-order valence-corrected chi connectivity index (χ3v) is 9.02. The van der Waals surface area contributed by atoms with E-state index >= 15 is 0 Å². The summed E-state index contributed by atoms with van der Waals surface area (Å²) in [7, 11) is 0. The van der Waals surface area contributed by atoms with Gasteiger partial charge in [-0.1, -0.05) is 77.9 Å². The third-order valence-electron chi connectivity index (χ3n) is 9.02. The van der Waals surface area contributed by atoms with E-state index in [4.69, 9.17) is 9.97 Å². The molecule has 0 saturated heterocycles. The van der Waals surface area contributed by atoms with Crippen molar-refractivity contribution in [1.29, 1.82) is 0 Å². The van der Waals surface area contributed by atoms with Crippen LogP contribution in [0.15, 0.2) is 109 Å². The Labute approximate surface area is 290 Å². The first kappa shape index (κ1) is 31.1. The van der Waals surface area contributed by atoms with Crippen LogP contribution in [0.4, 0.5) is 0 Å². The number of hydrogen-bond acceptors (Lipinski definition) is 2. The molecule has 0 fully saturated rings. The van der Waals surface area contributed by atoms with E-state index in [1.807, 2.05) is 24.4 Å². The van der Waals surface area contributed by atoms with Crippen molar-refractivity contribution in [3.05, 3.63) is 133 Å². The first-order valence-corrected chi connectivity index (χ1v) is 15.9. The largest absolute Gasteiger partial charge is 2.00 e. The van der Waals surface area contributed by atoms with Crippen LogP contribution in [0, 0.1) is 12.1 Å². The van der Waals surface area contributed by atoms with Gasteiger partial charge in [-0.25, -0.2) is 21.1 Å². The Balaban J connectivity index is 0.00000351. The fraction of sp³-hybridized carbons (Fsp3) is 0.190. The van der Waals surface area contributed by atoms with Crippen molar-refractivity contribution < 1.29 is 21.1 Å². The second-order valence-corrected chi connectivity index (χ2v) is 14.2. The van der Waals surface area contributed by atoms with Crippen LogP contribution in [0.1, 0.15) is 52.7 Å². The molecular formula is C42H36N4Pt. The zero-order chi connectivity index (χ0) is 31.8. The molecule has 0 radical (unpaired) electrons. The van der Waals surface area contributed by atoms with E-state index in [0.717, 1.165) is 45.0 Å². The van der Waals surface area contributed by atoms with Gasteiger partial charge in [-0.15, -0.1) is 12.1 Å². The van der Waals surface area contributed by atoms with Crippen LogP contribution in [0.5, 0.6) is 0 Å². The average molecular weight is 792 g/mol. The maximum Gasteiger partial charge on any atom is 2.00 e. The van der Waals surface area contributed by atoms with E-state index < -0.39 is 0 Å². The van der Waals surface area contributed by atoms with Crippen LogP contribution in [0.3, 0.4) is 0 Å². The summed E-state index contributed by atoms with van der Waals surface area (Å²) in [6, 6.07) is 43.2. The molecule has 4 nitrogen and oxygen atoms in total. The van der Waals surface area contributed by atoms with Crippen molar-refractivity contribution in [1.82, 2.24) is 19.1 Å². The van der Waals surface area contributed by atoms with E-state index in [-0.39, 0.29) is 31.9 Å². The van der Waals surface area contributed by atoms with Gasteiger partial charge in [0.05, 0.1) is 11.0 Å². The van der Waals surface area contributed by atoms with Crippen molar-refractivity contribution in [3.63, 3.8) is 0 Å². The van der Waals surface area contributed by atoms with Crippen LogP contribution in [-0.4, -0.2) is 19.1 Å². The molecule has 8 aromatic rings. The van der Waals surface area contributed by atoms with Gasteiger partial charge in [-0.05, 0) is 51.9 Å². The van der Waals surface area contributed by atoms with E-state index in [1.165, 1.54) is 32.7 Å². The number of nitrogens with zero attached hydrogens (tertiary/aromatic N) is 4. The van der Waals surface area contributed by atoms with Crippen LogP contribution < -0.4 is 0 Å². The quantitative estimate of drug-likeness (QED) is 0.167. The molecule has 0 aliphatic rings. The van der Waals surface area contributed by atoms with Gasteiger partial charge < -0.3 is 4.57 Å². The Kier molecular flexibility index (Phi) is 7.48. The molecule has 0 spiro atoms. The van der Waals surface area contributed by atoms with Gasteiger partial charge in [0.15, 0.2) is 0 Å². The molecule has 234 valence electrons. The van der Waals surface area contributed by atoms with Crippen molar-refractivity contribution in [3.8, 4) is 22.6 Å². The van der Waals surface area contributed by atoms with Crippen LogP contribution in [-0.2, 0) is 31.9 Å². The molecule has 5 heteroatoms. The van der Waals surface area contributed by atoms with Crippen LogP contribution in [0.2, 0.25) is 0 Å². The summed E-state index contributed by atoms with van der Waals surface area (Å²) in [6.45, 7) is 13.7. The van der Waals surface area contributed by atoms with Crippen molar-refractivity contribution in [2.45, 2.75) is 52.4 Å². The molecule has 4 aromatic carbocycles. The van der Waals surface area contributed by atoms with Gasteiger partial charge in [0.25, 0.3) is 0 Å². The molecule has 4 aromatic heterocycles. The number of aromatic nitrogens is 4. The normalized spacial score (nSPS) is 12.3. The SMILES string of the molecule is CC(C)(C)c1ccnc(-n2c3ccccc3c3c(C(C)(C)C)c4c5ccccc5n(-c5[c-]c(-c6[c-]cccc6)ccc5)c4nc32)c1.[Pt+2]. The van der Waals surface area contributed by atoms with Crippen molar-refractivity contribution in [2.75, 3.05) is 0 Å². The molecule has 0 amide bonds. The molecule has 0 saturated carbocycles. The molecule has 8 rings (SSSR count). The Bertz CT molecular complexity index is 2440. The molecular weight excluding hydrogens is 756 g/mol. The van der Waals surface area contributed by atoms with Crippen LogP contribution in [0.25, 0.3) is 66.5 Å². The monoisotopic (exact) mass is 791 g/mol. The number of hydrogen-bond donors (Lipinski definition) is 0. The minimum Gasteiger partial charge on any atom is -0.313 e. The van der Waals surface area contributed by atoms with Gasteiger partial charge in [0.2, 0.25) is 0 Å². The minimum atomic E-state index is -0.186.